The quantitative estimate of drug-likeness (QED) is 0.515. The Morgan fingerprint density at radius 3 is 2.74 bits per heavy atom. The number of H-pyrrole nitrogens is 1. The van der Waals surface area contributed by atoms with E-state index in [4.69, 9.17) is 27.9 Å². The normalized spacial score (nSPS) is 10.0. The standard InChI is InChI=1S/C22H15Cl2FN4O2/c1-2-3-4-13-7-14(10-26)9-16(8-13)31-20-17(23)6-5-15(18(20)25)11-27-22(30)19-21(24)29-12-28-19/h5-9,12H,2,11H2,1H3,(H,27,30)(H,28,29). The van der Waals surface area contributed by atoms with E-state index in [1.807, 2.05) is 13.0 Å². The van der Waals surface area contributed by atoms with Crippen LogP contribution in [0.3, 0.4) is 0 Å². The lowest BCUT2D eigenvalue weighted by atomic mass is 10.1. The zero-order chi connectivity index (χ0) is 22.4. The molecule has 6 nitrogen and oxygen atoms in total. The van der Waals surface area contributed by atoms with Gasteiger partial charge in [0, 0.05) is 24.1 Å². The Morgan fingerprint density at radius 2 is 2.06 bits per heavy atom. The summed E-state index contributed by atoms with van der Waals surface area (Å²) in [4.78, 5) is 18.5. The van der Waals surface area contributed by atoms with Gasteiger partial charge in [-0.05, 0) is 24.3 Å². The Morgan fingerprint density at radius 1 is 1.29 bits per heavy atom. The third-order valence-electron chi connectivity index (χ3n) is 4.04. The van der Waals surface area contributed by atoms with Crippen molar-refractivity contribution >= 4 is 29.1 Å². The summed E-state index contributed by atoms with van der Waals surface area (Å²) in [6.07, 6.45) is 1.92. The minimum atomic E-state index is -0.746. The zero-order valence-corrected chi connectivity index (χ0v) is 17.7. The smallest absolute Gasteiger partial charge is 0.273 e. The van der Waals surface area contributed by atoms with Crippen molar-refractivity contribution in [3.8, 4) is 29.4 Å². The molecule has 156 valence electrons. The summed E-state index contributed by atoms with van der Waals surface area (Å²) in [6, 6.07) is 9.57. The fraction of sp³-hybridized carbons (Fsp3) is 0.136. The maximum Gasteiger partial charge on any atom is 0.273 e. The molecule has 0 aliphatic carbocycles. The molecule has 0 saturated carbocycles. The Labute approximate surface area is 188 Å². The molecule has 0 spiro atoms. The second kappa shape index (κ2) is 9.99. The molecule has 0 fully saturated rings. The van der Waals surface area contributed by atoms with Gasteiger partial charge in [0.05, 0.1) is 23.0 Å². The summed E-state index contributed by atoms with van der Waals surface area (Å²) in [5.74, 6) is 4.50. The molecule has 0 bridgehead atoms. The van der Waals surface area contributed by atoms with Gasteiger partial charge in [0.15, 0.2) is 17.3 Å². The Bertz CT molecular complexity index is 1240. The summed E-state index contributed by atoms with van der Waals surface area (Å²) >= 11 is 12.0. The number of carbonyl (C=O) groups is 1. The number of aromatic amines is 1. The number of nitriles is 1. The molecule has 2 aromatic carbocycles. The fourth-order valence-electron chi connectivity index (χ4n) is 2.60. The molecule has 9 heteroatoms. The van der Waals surface area contributed by atoms with Crippen LogP contribution in [0.4, 0.5) is 4.39 Å². The lowest BCUT2D eigenvalue weighted by molar-refractivity contribution is 0.0946. The number of nitrogens with one attached hydrogen (secondary N) is 2. The second-order valence-corrected chi connectivity index (χ2v) is 7.00. The van der Waals surface area contributed by atoms with Crippen LogP contribution in [-0.4, -0.2) is 15.9 Å². The average Bonchev–Trinajstić information content (AvgIpc) is 3.20. The van der Waals surface area contributed by atoms with Gasteiger partial charge in [-0.3, -0.25) is 4.79 Å². The van der Waals surface area contributed by atoms with Crippen molar-refractivity contribution in [1.82, 2.24) is 15.3 Å². The lowest BCUT2D eigenvalue weighted by Gasteiger charge is -2.13. The van der Waals surface area contributed by atoms with Gasteiger partial charge in [-0.15, -0.1) is 0 Å². The van der Waals surface area contributed by atoms with Crippen molar-refractivity contribution in [2.24, 2.45) is 0 Å². The van der Waals surface area contributed by atoms with E-state index in [2.05, 4.69) is 27.1 Å². The number of carbonyl (C=O) groups excluding carboxylic acids is 1. The van der Waals surface area contributed by atoms with E-state index in [1.54, 1.807) is 12.1 Å². The monoisotopic (exact) mass is 456 g/mol. The van der Waals surface area contributed by atoms with Gasteiger partial charge in [-0.25, -0.2) is 9.37 Å². The molecule has 31 heavy (non-hydrogen) atoms. The first kappa shape index (κ1) is 22.2. The number of rotatable bonds is 5. The summed E-state index contributed by atoms with van der Waals surface area (Å²) in [5.41, 5.74) is 1.02. The lowest BCUT2D eigenvalue weighted by Crippen LogP contribution is -2.24. The van der Waals surface area contributed by atoms with Crippen molar-refractivity contribution in [3.63, 3.8) is 0 Å². The number of halogens is 3. The summed E-state index contributed by atoms with van der Waals surface area (Å²) in [5, 5.41) is 11.9. The van der Waals surface area contributed by atoms with E-state index in [0.29, 0.717) is 17.5 Å². The molecule has 2 N–H and O–H groups in total. The fourth-order valence-corrected chi connectivity index (χ4v) is 2.97. The Kier molecular flexibility index (Phi) is 7.15. The van der Waals surface area contributed by atoms with Gasteiger partial charge in [0.25, 0.3) is 5.91 Å². The van der Waals surface area contributed by atoms with Gasteiger partial charge >= 0.3 is 0 Å². The van der Waals surface area contributed by atoms with Crippen LogP contribution >= 0.6 is 23.2 Å². The van der Waals surface area contributed by atoms with E-state index in [1.165, 1.54) is 24.5 Å². The topological polar surface area (TPSA) is 90.8 Å². The predicted octanol–water partition coefficient (Wildman–Crippen LogP) is 5.21. The van der Waals surface area contributed by atoms with Crippen LogP contribution in [-0.2, 0) is 6.54 Å². The predicted molar refractivity (Wildman–Crippen MR) is 115 cm³/mol. The van der Waals surface area contributed by atoms with Crippen molar-refractivity contribution in [1.29, 1.82) is 5.26 Å². The molecular weight excluding hydrogens is 442 g/mol. The molecule has 0 saturated heterocycles. The molecule has 1 aromatic heterocycles. The zero-order valence-electron chi connectivity index (χ0n) is 16.2. The molecule has 3 rings (SSSR count). The van der Waals surface area contributed by atoms with Gasteiger partial charge in [0.1, 0.15) is 10.9 Å². The molecule has 0 radical (unpaired) electrons. The van der Waals surface area contributed by atoms with Crippen LogP contribution in [0.15, 0.2) is 36.7 Å². The number of aromatic nitrogens is 2. The number of hydrogen-bond donors (Lipinski definition) is 2. The minimum absolute atomic E-state index is 0.00143. The number of benzene rings is 2. The van der Waals surface area contributed by atoms with E-state index in [-0.39, 0.29) is 39.5 Å². The first-order valence-electron chi connectivity index (χ1n) is 9.08. The van der Waals surface area contributed by atoms with E-state index in [9.17, 15) is 10.1 Å². The van der Waals surface area contributed by atoms with Crippen LogP contribution in [0, 0.1) is 29.0 Å². The molecule has 3 aromatic rings. The van der Waals surface area contributed by atoms with Gasteiger partial charge in [-0.1, -0.05) is 48.0 Å². The third-order valence-corrected chi connectivity index (χ3v) is 4.63. The largest absolute Gasteiger partial charge is 0.453 e. The molecule has 1 heterocycles. The molecule has 0 aliphatic rings. The highest BCUT2D eigenvalue weighted by atomic mass is 35.5. The van der Waals surface area contributed by atoms with Crippen LogP contribution in [0.1, 0.15) is 40.5 Å². The van der Waals surface area contributed by atoms with Gasteiger partial charge < -0.3 is 15.0 Å². The second-order valence-electron chi connectivity index (χ2n) is 6.21. The maximum absolute atomic E-state index is 15.1. The maximum atomic E-state index is 15.1. The van der Waals surface area contributed by atoms with Crippen molar-refractivity contribution in [2.45, 2.75) is 19.9 Å². The van der Waals surface area contributed by atoms with E-state index >= 15 is 4.39 Å². The van der Waals surface area contributed by atoms with Gasteiger partial charge in [0.2, 0.25) is 0 Å². The average molecular weight is 457 g/mol. The molecular formula is C22H15Cl2FN4O2. The third kappa shape index (κ3) is 5.35. The highest BCUT2D eigenvalue weighted by Crippen LogP contribution is 2.34. The molecule has 1 amide bonds. The van der Waals surface area contributed by atoms with Crippen molar-refractivity contribution < 1.29 is 13.9 Å². The summed E-state index contributed by atoms with van der Waals surface area (Å²) in [6.45, 7) is 1.75. The van der Waals surface area contributed by atoms with Crippen LogP contribution in [0.25, 0.3) is 0 Å². The number of amides is 1. The van der Waals surface area contributed by atoms with Crippen LogP contribution in [0.5, 0.6) is 11.5 Å². The number of nitrogens with zero attached hydrogens (tertiary/aromatic N) is 2. The van der Waals surface area contributed by atoms with Crippen molar-refractivity contribution in [2.75, 3.05) is 0 Å². The first-order chi connectivity index (χ1) is 14.9. The highest BCUT2D eigenvalue weighted by Gasteiger charge is 2.18. The summed E-state index contributed by atoms with van der Waals surface area (Å²) < 4.78 is 20.7. The minimum Gasteiger partial charge on any atom is -0.453 e. The number of imidazole rings is 1. The van der Waals surface area contributed by atoms with Crippen LogP contribution < -0.4 is 10.1 Å². The Balaban J connectivity index is 1.85. The molecule has 0 atom stereocenters. The van der Waals surface area contributed by atoms with E-state index in [0.717, 1.165) is 0 Å². The van der Waals surface area contributed by atoms with Crippen molar-refractivity contribution in [3.05, 3.63) is 75.0 Å². The first-order valence-corrected chi connectivity index (χ1v) is 9.84. The van der Waals surface area contributed by atoms with Crippen LogP contribution in [0.2, 0.25) is 10.2 Å². The molecule has 0 aliphatic heterocycles. The Hall–Kier alpha value is -3.52. The highest BCUT2D eigenvalue weighted by molar-refractivity contribution is 6.32. The number of ether oxygens (including phenoxy) is 1. The number of hydrogen-bond acceptors (Lipinski definition) is 4. The summed E-state index contributed by atoms with van der Waals surface area (Å²) in [7, 11) is 0. The SMILES string of the molecule is CCC#Cc1cc(C#N)cc(Oc2c(Cl)ccc(CNC(=O)c3nc[nH]c3Cl)c2F)c1. The van der Waals surface area contributed by atoms with E-state index < -0.39 is 11.7 Å². The molecule has 0 unspecified atom stereocenters. The van der Waals surface area contributed by atoms with Gasteiger partial charge in [-0.2, -0.15) is 5.26 Å².